The number of nitrogens with zero attached hydrogens (tertiary/aromatic N) is 1. The molecule has 0 bridgehead atoms. The van der Waals surface area contributed by atoms with Crippen molar-refractivity contribution in [3.05, 3.63) is 34.3 Å². The van der Waals surface area contributed by atoms with Crippen LogP contribution in [-0.4, -0.2) is 31.5 Å². The minimum Gasteiger partial charge on any atom is -0.370 e. The number of benzene rings is 1. The zero-order valence-electron chi connectivity index (χ0n) is 12.6. The van der Waals surface area contributed by atoms with Gasteiger partial charge in [-0.1, -0.05) is 28.4 Å². The predicted octanol–water partition coefficient (Wildman–Crippen LogP) is 2.27. The molecule has 1 aliphatic carbocycles. The van der Waals surface area contributed by atoms with Crippen LogP contribution in [0.15, 0.2) is 33.7 Å². The van der Waals surface area contributed by atoms with Gasteiger partial charge in [-0.25, -0.2) is 0 Å². The molecule has 2 rings (SSSR count). The lowest BCUT2D eigenvalue weighted by atomic mass is 9.86. The summed E-state index contributed by atoms with van der Waals surface area (Å²) in [6.07, 6.45) is 4.68. The van der Waals surface area contributed by atoms with E-state index in [2.05, 4.69) is 31.6 Å². The number of guanidine groups is 1. The van der Waals surface area contributed by atoms with Crippen LogP contribution in [0.25, 0.3) is 0 Å². The summed E-state index contributed by atoms with van der Waals surface area (Å²) in [5, 5.41) is 5.97. The molecule has 5 nitrogen and oxygen atoms in total. The first-order valence-corrected chi connectivity index (χ1v) is 8.52. The Morgan fingerprint density at radius 1 is 1.32 bits per heavy atom. The summed E-state index contributed by atoms with van der Waals surface area (Å²) >= 11 is 3.36. The molecule has 1 fully saturated rings. The highest BCUT2D eigenvalue weighted by Gasteiger charge is 2.16. The summed E-state index contributed by atoms with van der Waals surface area (Å²) in [7, 11) is 0. The van der Waals surface area contributed by atoms with Crippen molar-refractivity contribution < 1.29 is 4.79 Å². The van der Waals surface area contributed by atoms with E-state index in [1.165, 1.54) is 19.3 Å². The third-order valence-electron chi connectivity index (χ3n) is 3.78. The molecule has 22 heavy (non-hydrogen) atoms. The maximum Gasteiger partial charge on any atom is 0.251 e. The van der Waals surface area contributed by atoms with Crippen molar-refractivity contribution in [1.29, 1.82) is 0 Å². The molecule has 0 radical (unpaired) electrons. The number of nitrogens with one attached hydrogen (secondary N) is 2. The number of halogens is 1. The van der Waals surface area contributed by atoms with Crippen molar-refractivity contribution in [2.24, 2.45) is 16.6 Å². The van der Waals surface area contributed by atoms with Crippen molar-refractivity contribution >= 4 is 27.8 Å². The molecule has 0 heterocycles. The summed E-state index contributed by atoms with van der Waals surface area (Å²) in [6, 6.07) is 7.34. The molecule has 1 aromatic rings. The Morgan fingerprint density at radius 2 is 2.09 bits per heavy atom. The average Bonchev–Trinajstić information content (AvgIpc) is 2.45. The molecule has 0 aromatic heterocycles. The lowest BCUT2D eigenvalue weighted by Crippen LogP contribution is -2.35. The van der Waals surface area contributed by atoms with E-state index in [4.69, 9.17) is 5.73 Å². The fourth-order valence-electron chi connectivity index (χ4n) is 2.20. The number of carbonyl (C=O) groups is 1. The van der Waals surface area contributed by atoms with Crippen molar-refractivity contribution in [3.63, 3.8) is 0 Å². The molecule has 1 amide bonds. The van der Waals surface area contributed by atoms with Crippen LogP contribution in [-0.2, 0) is 0 Å². The van der Waals surface area contributed by atoms with Crippen LogP contribution < -0.4 is 16.4 Å². The van der Waals surface area contributed by atoms with Gasteiger partial charge < -0.3 is 16.4 Å². The standard InChI is InChI=1S/C16H23BrN4O/c17-14-7-2-6-13(10-14)15(22)19-8-3-9-20-16(18)21-11-12-4-1-5-12/h2,6-7,10,12H,1,3-5,8-9,11H2,(H,19,22)(H3,18,20,21). The first-order valence-electron chi connectivity index (χ1n) is 7.72. The quantitative estimate of drug-likeness (QED) is 0.393. The Hall–Kier alpha value is -1.56. The Bertz CT molecular complexity index is 529. The van der Waals surface area contributed by atoms with Gasteiger partial charge in [0.25, 0.3) is 5.91 Å². The summed E-state index contributed by atoms with van der Waals surface area (Å²) < 4.78 is 0.900. The first-order chi connectivity index (χ1) is 10.6. The lowest BCUT2D eigenvalue weighted by Gasteiger charge is -2.23. The average molecular weight is 367 g/mol. The van der Waals surface area contributed by atoms with E-state index in [0.717, 1.165) is 23.4 Å². The second-order valence-electron chi connectivity index (χ2n) is 5.57. The fraction of sp³-hybridized carbons (Fsp3) is 0.500. The number of amides is 1. The highest BCUT2D eigenvalue weighted by Crippen LogP contribution is 2.26. The molecular formula is C16H23BrN4O. The van der Waals surface area contributed by atoms with Crippen LogP contribution in [0, 0.1) is 5.92 Å². The number of nitrogens with two attached hydrogens (primary N) is 1. The number of carbonyl (C=O) groups excluding carboxylic acids is 1. The van der Waals surface area contributed by atoms with Gasteiger partial charge in [0.05, 0.1) is 0 Å². The molecule has 1 aromatic carbocycles. The maximum atomic E-state index is 11.9. The number of rotatable bonds is 7. The van der Waals surface area contributed by atoms with Crippen LogP contribution in [0.5, 0.6) is 0 Å². The van der Waals surface area contributed by atoms with E-state index >= 15 is 0 Å². The van der Waals surface area contributed by atoms with Gasteiger partial charge in [-0.15, -0.1) is 0 Å². The largest absolute Gasteiger partial charge is 0.370 e. The summed E-state index contributed by atoms with van der Waals surface area (Å²) in [5.41, 5.74) is 6.45. The van der Waals surface area contributed by atoms with E-state index in [1.807, 2.05) is 12.1 Å². The van der Waals surface area contributed by atoms with Crippen molar-refractivity contribution in [2.45, 2.75) is 25.7 Å². The van der Waals surface area contributed by atoms with Gasteiger partial charge in [0.2, 0.25) is 0 Å². The van der Waals surface area contributed by atoms with Crippen LogP contribution >= 0.6 is 15.9 Å². The minimum absolute atomic E-state index is 0.0621. The number of hydrogen-bond donors (Lipinski definition) is 3. The van der Waals surface area contributed by atoms with Gasteiger partial charge in [0.15, 0.2) is 5.96 Å². The lowest BCUT2D eigenvalue weighted by molar-refractivity contribution is 0.0953. The molecular weight excluding hydrogens is 344 g/mol. The topological polar surface area (TPSA) is 79.5 Å². The third-order valence-corrected chi connectivity index (χ3v) is 4.27. The highest BCUT2D eigenvalue weighted by molar-refractivity contribution is 9.10. The van der Waals surface area contributed by atoms with Gasteiger partial charge in [-0.3, -0.25) is 9.79 Å². The zero-order chi connectivity index (χ0) is 15.8. The van der Waals surface area contributed by atoms with E-state index < -0.39 is 0 Å². The maximum absolute atomic E-state index is 11.9. The SMILES string of the molecule is NC(=NCC1CCC1)NCCCNC(=O)c1cccc(Br)c1. The Labute approximate surface area is 139 Å². The molecule has 4 N–H and O–H groups in total. The molecule has 0 atom stereocenters. The van der Waals surface area contributed by atoms with Crippen LogP contribution in [0.4, 0.5) is 0 Å². The van der Waals surface area contributed by atoms with Crippen LogP contribution in [0.2, 0.25) is 0 Å². The van der Waals surface area contributed by atoms with Crippen LogP contribution in [0.3, 0.4) is 0 Å². The number of hydrogen-bond acceptors (Lipinski definition) is 2. The summed E-state index contributed by atoms with van der Waals surface area (Å²) in [4.78, 5) is 16.2. The second kappa shape index (κ2) is 8.78. The molecule has 0 saturated heterocycles. The Balaban J connectivity index is 1.57. The minimum atomic E-state index is -0.0621. The molecule has 6 heteroatoms. The smallest absolute Gasteiger partial charge is 0.251 e. The second-order valence-corrected chi connectivity index (χ2v) is 6.49. The monoisotopic (exact) mass is 366 g/mol. The normalized spacial score (nSPS) is 15.2. The molecule has 1 saturated carbocycles. The number of aliphatic imine (C=N–C) groups is 1. The first kappa shape index (κ1) is 16.8. The van der Waals surface area contributed by atoms with Gasteiger partial charge >= 0.3 is 0 Å². The Kier molecular flexibility index (Phi) is 6.71. The third kappa shape index (κ3) is 5.67. The van der Waals surface area contributed by atoms with Gasteiger partial charge in [0.1, 0.15) is 0 Å². The fourth-order valence-corrected chi connectivity index (χ4v) is 2.60. The van der Waals surface area contributed by atoms with E-state index in [0.29, 0.717) is 24.6 Å². The van der Waals surface area contributed by atoms with Gasteiger partial charge in [-0.2, -0.15) is 0 Å². The molecule has 1 aliphatic rings. The van der Waals surface area contributed by atoms with Crippen molar-refractivity contribution in [3.8, 4) is 0 Å². The zero-order valence-corrected chi connectivity index (χ0v) is 14.2. The van der Waals surface area contributed by atoms with E-state index in [9.17, 15) is 4.79 Å². The molecule has 0 aliphatic heterocycles. The highest BCUT2D eigenvalue weighted by atomic mass is 79.9. The predicted molar refractivity (Wildman–Crippen MR) is 92.9 cm³/mol. The summed E-state index contributed by atoms with van der Waals surface area (Å²) in [5.74, 6) is 1.17. The molecule has 120 valence electrons. The Morgan fingerprint density at radius 3 is 2.77 bits per heavy atom. The molecule has 0 unspecified atom stereocenters. The summed E-state index contributed by atoms with van der Waals surface area (Å²) in [6.45, 7) is 2.14. The van der Waals surface area contributed by atoms with Gasteiger partial charge in [0, 0.05) is 29.7 Å². The van der Waals surface area contributed by atoms with Crippen molar-refractivity contribution in [2.75, 3.05) is 19.6 Å². The van der Waals surface area contributed by atoms with Crippen molar-refractivity contribution in [1.82, 2.24) is 10.6 Å². The van der Waals surface area contributed by atoms with E-state index in [1.54, 1.807) is 12.1 Å². The van der Waals surface area contributed by atoms with E-state index in [-0.39, 0.29) is 5.91 Å². The van der Waals surface area contributed by atoms with Gasteiger partial charge in [-0.05, 0) is 43.4 Å². The molecule has 0 spiro atoms. The van der Waals surface area contributed by atoms with Crippen LogP contribution in [0.1, 0.15) is 36.0 Å².